The van der Waals surface area contributed by atoms with Gasteiger partial charge in [-0.1, -0.05) is 18.2 Å². The van der Waals surface area contributed by atoms with Crippen LogP contribution >= 0.6 is 0 Å². The van der Waals surface area contributed by atoms with Crippen molar-refractivity contribution in [3.05, 3.63) is 34.8 Å². The van der Waals surface area contributed by atoms with Crippen molar-refractivity contribution in [3.8, 4) is 0 Å². The van der Waals surface area contributed by atoms with Crippen LogP contribution in [0.15, 0.2) is 29.3 Å². The van der Waals surface area contributed by atoms with E-state index in [0.717, 1.165) is 10.6 Å². The van der Waals surface area contributed by atoms with E-state index in [1.54, 1.807) is 14.2 Å². The van der Waals surface area contributed by atoms with Crippen molar-refractivity contribution in [1.82, 2.24) is 0 Å². The molecular formula is C10H11NO2. The number of hydrogen-bond acceptors (Lipinski definition) is 3. The topological polar surface area (TPSA) is 30.8 Å². The zero-order valence-electron chi connectivity index (χ0n) is 7.65. The maximum absolute atomic E-state index is 5.19. The zero-order valence-corrected chi connectivity index (χ0v) is 7.65. The fraction of sp³-hybridized carbons (Fsp3) is 0.300. The molecule has 0 amide bonds. The molecule has 0 bridgehead atoms. The zero-order chi connectivity index (χ0) is 9.31. The van der Waals surface area contributed by atoms with Crippen molar-refractivity contribution < 1.29 is 9.47 Å². The number of methoxy groups -OCH3 is 2. The fourth-order valence-electron chi connectivity index (χ4n) is 1.40. The van der Waals surface area contributed by atoms with Crippen molar-refractivity contribution in [2.75, 3.05) is 14.2 Å². The Labute approximate surface area is 76.3 Å². The van der Waals surface area contributed by atoms with Gasteiger partial charge in [-0.3, -0.25) is 0 Å². The van der Waals surface area contributed by atoms with Gasteiger partial charge in [0.1, 0.15) is 0 Å². The Morgan fingerprint density at radius 1 is 1.15 bits per heavy atom. The van der Waals surface area contributed by atoms with Crippen LogP contribution in [0, 0.1) is 0 Å². The molecule has 13 heavy (non-hydrogen) atoms. The number of rotatable bonds is 2. The third kappa shape index (κ3) is 1.26. The van der Waals surface area contributed by atoms with E-state index in [0.29, 0.717) is 0 Å². The van der Waals surface area contributed by atoms with Crippen LogP contribution in [-0.2, 0) is 9.47 Å². The lowest BCUT2D eigenvalue weighted by molar-refractivity contribution is -0.150. The molecule has 0 radical (unpaired) electrons. The molecule has 0 aromatic heterocycles. The number of fused-ring (bicyclic) bond motifs is 1. The van der Waals surface area contributed by atoms with Crippen LogP contribution in [0.4, 0.5) is 0 Å². The molecule has 2 rings (SSSR count). The molecule has 0 N–H and O–H groups in total. The molecule has 0 unspecified atom stereocenters. The summed E-state index contributed by atoms with van der Waals surface area (Å²) in [5.41, 5.74) is 0. The highest BCUT2D eigenvalue weighted by atomic mass is 16.7. The molecular weight excluding hydrogens is 166 g/mol. The Kier molecular flexibility index (Phi) is 1.90. The second-order valence-corrected chi connectivity index (χ2v) is 2.85. The van der Waals surface area contributed by atoms with Gasteiger partial charge in [0.15, 0.2) is 0 Å². The van der Waals surface area contributed by atoms with E-state index in [9.17, 15) is 0 Å². The molecule has 0 spiro atoms. The van der Waals surface area contributed by atoms with Crippen molar-refractivity contribution in [2.45, 2.75) is 5.91 Å². The van der Waals surface area contributed by atoms with E-state index in [-0.39, 0.29) is 0 Å². The average Bonchev–Trinajstić information content (AvgIpc) is 2.57. The lowest BCUT2D eigenvalue weighted by atomic mass is 10.3. The Morgan fingerprint density at radius 3 is 2.46 bits per heavy atom. The second-order valence-electron chi connectivity index (χ2n) is 2.85. The standard InChI is InChI=1S/C10H11NO2/c1-12-10(13-2)7-8-5-3-4-6-9(8)11-10/h3-7H,1-2H3. The van der Waals surface area contributed by atoms with Gasteiger partial charge in [0, 0.05) is 25.5 Å². The molecule has 1 aliphatic heterocycles. The van der Waals surface area contributed by atoms with Gasteiger partial charge in [0.05, 0.1) is 5.36 Å². The molecule has 0 aliphatic carbocycles. The quantitative estimate of drug-likeness (QED) is 0.597. The molecule has 68 valence electrons. The van der Waals surface area contributed by atoms with E-state index in [2.05, 4.69) is 4.99 Å². The van der Waals surface area contributed by atoms with Crippen molar-refractivity contribution in [3.63, 3.8) is 0 Å². The molecule has 3 nitrogen and oxygen atoms in total. The Morgan fingerprint density at radius 2 is 1.85 bits per heavy atom. The van der Waals surface area contributed by atoms with E-state index in [1.807, 2.05) is 30.3 Å². The van der Waals surface area contributed by atoms with Crippen molar-refractivity contribution >= 4 is 6.08 Å². The summed E-state index contributed by atoms with van der Waals surface area (Å²) in [4.78, 5) is 4.32. The smallest absolute Gasteiger partial charge is 0.291 e. The third-order valence-electron chi connectivity index (χ3n) is 2.14. The molecule has 1 heterocycles. The summed E-state index contributed by atoms with van der Waals surface area (Å²) >= 11 is 0. The van der Waals surface area contributed by atoms with Gasteiger partial charge in [-0.05, 0) is 6.07 Å². The van der Waals surface area contributed by atoms with Gasteiger partial charge >= 0.3 is 0 Å². The molecule has 1 aromatic carbocycles. The highest BCUT2D eigenvalue weighted by molar-refractivity contribution is 5.35. The van der Waals surface area contributed by atoms with E-state index >= 15 is 0 Å². The van der Waals surface area contributed by atoms with E-state index in [1.165, 1.54) is 0 Å². The summed E-state index contributed by atoms with van der Waals surface area (Å²) in [6.45, 7) is 0. The molecule has 1 aliphatic rings. The summed E-state index contributed by atoms with van der Waals surface area (Å²) in [6.07, 6.45) is 1.86. The number of ether oxygens (including phenoxy) is 2. The average molecular weight is 177 g/mol. The Hall–Kier alpha value is -1.19. The molecule has 1 aromatic rings. The number of para-hydroxylation sites is 1. The van der Waals surface area contributed by atoms with Crippen LogP contribution in [0.25, 0.3) is 6.08 Å². The van der Waals surface area contributed by atoms with Crippen molar-refractivity contribution in [2.24, 2.45) is 4.99 Å². The van der Waals surface area contributed by atoms with Crippen LogP contribution in [0.2, 0.25) is 0 Å². The van der Waals surface area contributed by atoms with Gasteiger partial charge in [0.2, 0.25) is 0 Å². The summed E-state index contributed by atoms with van der Waals surface area (Å²) < 4.78 is 10.4. The summed E-state index contributed by atoms with van der Waals surface area (Å²) in [5, 5.41) is 1.96. The number of benzene rings is 1. The maximum Gasteiger partial charge on any atom is 0.291 e. The largest absolute Gasteiger partial charge is 0.331 e. The lowest BCUT2D eigenvalue weighted by Gasteiger charge is -2.19. The highest BCUT2D eigenvalue weighted by Gasteiger charge is 2.28. The normalized spacial score (nSPS) is 17.4. The first-order chi connectivity index (χ1) is 6.29. The summed E-state index contributed by atoms with van der Waals surface area (Å²) in [6, 6.07) is 7.83. The van der Waals surface area contributed by atoms with Crippen LogP contribution in [-0.4, -0.2) is 20.1 Å². The molecule has 0 saturated heterocycles. The van der Waals surface area contributed by atoms with Crippen LogP contribution < -0.4 is 10.6 Å². The van der Waals surface area contributed by atoms with Gasteiger partial charge in [-0.25, -0.2) is 4.99 Å². The van der Waals surface area contributed by atoms with Gasteiger partial charge in [-0.2, -0.15) is 0 Å². The van der Waals surface area contributed by atoms with Gasteiger partial charge in [-0.15, -0.1) is 0 Å². The van der Waals surface area contributed by atoms with E-state index < -0.39 is 5.91 Å². The highest BCUT2D eigenvalue weighted by Crippen LogP contribution is 2.15. The maximum atomic E-state index is 5.19. The first kappa shape index (κ1) is 8.41. The lowest BCUT2D eigenvalue weighted by Crippen LogP contribution is -2.27. The fourth-order valence-corrected chi connectivity index (χ4v) is 1.40. The number of hydrogen-bond donors (Lipinski definition) is 0. The minimum atomic E-state index is -0.913. The minimum absolute atomic E-state index is 0.909. The first-order valence-electron chi connectivity index (χ1n) is 4.08. The molecule has 0 atom stereocenters. The predicted molar refractivity (Wildman–Crippen MR) is 48.4 cm³/mol. The Bertz CT molecular complexity index is 384. The predicted octanol–water partition coefficient (Wildman–Crippen LogP) is 0.0469. The van der Waals surface area contributed by atoms with Gasteiger partial charge in [0.25, 0.3) is 5.91 Å². The van der Waals surface area contributed by atoms with Crippen LogP contribution in [0.3, 0.4) is 0 Å². The molecule has 0 fully saturated rings. The monoisotopic (exact) mass is 177 g/mol. The van der Waals surface area contributed by atoms with Gasteiger partial charge < -0.3 is 9.47 Å². The minimum Gasteiger partial charge on any atom is -0.331 e. The molecule has 3 heteroatoms. The summed E-state index contributed by atoms with van der Waals surface area (Å²) in [5.74, 6) is -0.913. The SMILES string of the molecule is COC1(OC)C=c2ccccc2=N1. The molecule has 0 saturated carbocycles. The van der Waals surface area contributed by atoms with E-state index in [4.69, 9.17) is 9.47 Å². The second kappa shape index (κ2) is 2.94. The van der Waals surface area contributed by atoms with Crippen LogP contribution in [0.5, 0.6) is 0 Å². The number of nitrogens with zero attached hydrogens (tertiary/aromatic N) is 1. The first-order valence-corrected chi connectivity index (χ1v) is 4.08. The third-order valence-corrected chi connectivity index (χ3v) is 2.14. The summed E-state index contributed by atoms with van der Waals surface area (Å²) in [7, 11) is 3.16. The Balaban J connectivity index is 2.62. The van der Waals surface area contributed by atoms with Crippen LogP contribution in [0.1, 0.15) is 0 Å². The van der Waals surface area contributed by atoms with Crippen molar-refractivity contribution in [1.29, 1.82) is 0 Å².